The first-order valence-electron chi connectivity index (χ1n) is 12.6. The minimum atomic E-state index is -0.539. The van der Waals surface area contributed by atoms with Crippen LogP contribution in [-0.4, -0.2) is 60.6 Å². The Hall–Kier alpha value is -3.25. The molecule has 0 N–H and O–H groups in total. The number of carbonyl (C=O) groups excluding carboxylic acids is 2. The van der Waals surface area contributed by atoms with Gasteiger partial charge in [0, 0.05) is 50.7 Å². The fourth-order valence-electron chi connectivity index (χ4n) is 4.53. The van der Waals surface area contributed by atoms with Crippen molar-refractivity contribution in [3.63, 3.8) is 0 Å². The first-order chi connectivity index (χ1) is 17.5. The molecule has 1 aliphatic rings. The molecule has 3 aromatic rings. The van der Waals surface area contributed by atoms with E-state index < -0.39 is 6.04 Å². The van der Waals surface area contributed by atoms with Gasteiger partial charge in [-0.15, -0.1) is 11.8 Å². The van der Waals surface area contributed by atoms with Crippen molar-refractivity contribution in [1.82, 2.24) is 9.80 Å². The van der Waals surface area contributed by atoms with Gasteiger partial charge in [0.25, 0.3) is 0 Å². The van der Waals surface area contributed by atoms with E-state index in [0.29, 0.717) is 18.7 Å². The van der Waals surface area contributed by atoms with Gasteiger partial charge in [-0.3, -0.25) is 9.59 Å². The smallest absolute Gasteiger partial charge is 0.245 e. The van der Waals surface area contributed by atoms with Crippen LogP contribution in [0.1, 0.15) is 24.0 Å². The normalized spacial score (nSPS) is 13.9. The summed E-state index contributed by atoms with van der Waals surface area (Å²) in [7, 11) is 4.02. The molecule has 0 aromatic heterocycles. The zero-order valence-corrected chi connectivity index (χ0v) is 22.0. The second-order valence-electron chi connectivity index (χ2n) is 9.42. The Morgan fingerprint density at radius 3 is 2.06 bits per heavy atom. The predicted octanol–water partition coefficient (Wildman–Crippen LogP) is 5.11. The van der Waals surface area contributed by atoms with Gasteiger partial charge in [0.15, 0.2) is 0 Å². The molecule has 1 aliphatic heterocycles. The maximum atomic E-state index is 13.8. The van der Waals surface area contributed by atoms with Crippen LogP contribution < -0.4 is 4.90 Å². The van der Waals surface area contributed by atoms with Crippen LogP contribution in [-0.2, 0) is 22.6 Å². The van der Waals surface area contributed by atoms with Crippen LogP contribution in [0.3, 0.4) is 0 Å². The van der Waals surface area contributed by atoms with Gasteiger partial charge in [-0.25, -0.2) is 0 Å². The summed E-state index contributed by atoms with van der Waals surface area (Å²) in [6.07, 6.45) is 2.55. The molecule has 1 heterocycles. The van der Waals surface area contributed by atoms with Crippen LogP contribution in [0.5, 0.6) is 0 Å². The van der Waals surface area contributed by atoms with Crippen molar-refractivity contribution in [3.05, 3.63) is 96.1 Å². The lowest BCUT2D eigenvalue weighted by Crippen LogP contribution is -2.51. The highest BCUT2D eigenvalue weighted by atomic mass is 32.2. The number of hydrogen-bond donors (Lipinski definition) is 0. The molecule has 36 heavy (non-hydrogen) atoms. The summed E-state index contributed by atoms with van der Waals surface area (Å²) < 4.78 is 0. The number of benzene rings is 3. The van der Waals surface area contributed by atoms with Crippen LogP contribution in [0.25, 0.3) is 0 Å². The minimum Gasteiger partial charge on any atom is -0.378 e. The third kappa shape index (κ3) is 6.91. The van der Waals surface area contributed by atoms with Crippen molar-refractivity contribution in [2.75, 3.05) is 37.8 Å². The first-order valence-corrected chi connectivity index (χ1v) is 13.6. The number of thioether (sulfide) groups is 1. The highest BCUT2D eigenvalue weighted by Gasteiger charge is 2.34. The highest BCUT2D eigenvalue weighted by molar-refractivity contribution is 8.00. The monoisotopic (exact) mass is 501 g/mol. The fourth-order valence-corrected chi connectivity index (χ4v) is 5.34. The standard InChI is InChI=1S/C30H35N3O2S/c1-31(2)26-17-15-25(16-18-26)22-33(29(34)23-36-27-13-7-4-8-14-27)28(21-24-11-5-3-6-12-24)30(35)32-19-9-10-20-32/h3-8,11-18,28H,9-10,19-23H2,1-2H3. The molecule has 0 spiro atoms. The van der Waals surface area contributed by atoms with E-state index >= 15 is 0 Å². The maximum Gasteiger partial charge on any atom is 0.245 e. The van der Waals surface area contributed by atoms with E-state index in [1.54, 1.807) is 0 Å². The van der Waals surface area contributed by atoms with Crippen LogP contribution in [0, 0.1) is 0 Å². The van der Waals surface area contributed by atoms with Gasteiger partial charge >= 0.3 is 0 Å². The summed E-state index contributed by atoms with van der Waals surface area (Å²) >= 11 is 1.52. The summed E-state index contributed by atoms with van der Waals surface area (Å²) in [6.45, 7) is 1.93. The van der Waals surface area contributed by atoms with Crippen LogP contribution in [0.15, 0.2) is 89.8 Å². The van der Waals surface area contributed by atoms with E-state index in [1.807, 2.05) is 84.6 Å². The SMILES string of the molecule is CN(C)c1ccc(CN(C(=O)CSc2ccccc2)C(Cc2ccccc2)C(=O)N2CCCC2)cc1. The number of amides is 2. The molecule has 188 valence electrons. The Morgan fingerprint density at radius 2 is 1.44 bits per heavy atom. The molecular formula is C30H35N3O2S. The fraction of sp³-hybridized carbons (Fsp3) is 0.333. The number of rotatable bonds is 10. The topological polar surface area (TPSA) is 43.9 Å². The second kappa shape index (κ2) is 12.6. The number of nitrogens with zero attached hydrogens (tertiary/aromatic N) is 3. The quantitative estimate of drug-likeness (QED) is 0.362. The third-order valence-corrected chi connectivity index (χ3v) is 7.58. The Labute approximate surface area is 219 Å². The Bertz CT molecular complexity index is 1110. The van der Waals surface area contributed by atoms with Gasteiger partial charge in [-0.1, -0.05) is 60.7 Å². The lowest BCUT2D eigenvalue weighted by molar-refractivity contribution is -0.144. The highest BCUT2D eigenvalue weighted by Crippen LogP contribution is 2.23. The molecule has 4 rings (SSSR count). The van der Waals surface area contributed by atoms with Crippen molar-refractivity contribution in [2.45, 2.75) is 36.7 Å². The lowest BCUT2D eigenvalue weighted by Gasteiger charge is -2.34. The van der Waals surface area contributed by atoms with E-state index in [4.69, 9.17) is 0 Å². The van der Waals surface area contributed by atoms with E-state index in [9.17, 15) is 9.59 Å². The minimum absolute atomic E-state index is 0.0194. The molecular weight excluding hydrogens is 466 g/mol. The summed E-state index contributed by atoms with van der Waals surface area (Å²) in [5.41, 5.74) is 3.18. The van der Waals surface area contributed by atoms with Crippen molar-refractivity contribution < 1.29 is 9.59 Å². The Kier molecular flexibility index (Phi) is 9.06. The molecule has 1 fully saturated rings. The maximum absolute atomic E-state index is 13.8. The van der Waals surface area contributed by atoms with Crippen molar-refractivity contribution >= 4 is 29.3 Å². The van der Waals surface area contributed by atoms with Gasteiger partial charge in [0.05, 0.1) is 5.75 Å². The average Bonchev–Trinajstić information content (AvgIpc) is 3.45. The molecule has 1 saturated heterocycles. The molecule has 1 unspecified atom stereocenters. The molecule has 0 bridgehead atoms. The van der Waals surface area contributed by atoms with Crippen LogP contribution in [0.2, 0.25) is 0 Å². The molecule has 2 amide bonds. The molecule has 0 radical (unpaired) electrons. The van der Waals surface area contributed by atoms with Gasteiger partial charge in [-0.05, 0) is 48.2 Å². The number of anilines is 1. The average molecular weight is 502 g/mol. The second-order valence-corrected chi connectivity index (χ2v) is 10.5. The third-order valence-electron chi connectivity index (χ3n) is 6.58. The van der Waals surface area contributed by atoms with Crippen molar-refractivity contribution in [2.24, 2.45) is 0 Å². The molecule has 0 aliphatic carbocycles. The lowest BCUT2D eigenvalue weighted by atomic mass is 10.0. The molecule has 6 heteroatoms. The molecule has 3 aromatic carbocycles. The summed E-state index contributed by atoms with van der Waals surface area (Å²) in [4.78, 5) is 34.4. The number of carbonyl (C=O) groups is 2. The van der Waals surface area contributed by atoms with Crippen LogP contribution >= 0.6 is 11.8 Å². The van der Waals surface area contributed by atoms with Gasteiger partial charge < -0.3 is 14.7 Å². The van der Waals surface area contributed by atoms with Gasteiger partial charge in [0.2, 0.25) is 11.8 Å². The van der Waals surface area contributed by atoms with E-state index in [0.717, 1.165) is 47.6 Å². The largest absolute Gasteiger partial charge is 0.378 e. The van der Waals surface area contributed by atoms with Crippen LogP contribution in [0.4, 0.5) is 5.69 Å². The summed E-state index contributed by atoms with van der Waals surface area (Å²) in [5.74, 6) is 0.326. The zero-order chi connectivity index (χ0) is 25.3. The van der Waals surface area contributed by atoms with Crippen molar-refractivity contribution in [3.8, 4) is 0 Å². The number of likely N-dealkylation sites (tertiary alicyclic amines) is 1. The van der Waals surface area contributed by atoms with Gasteiger partial charge in [-0.2, -0.15) is 0 Å². The predicted molar refractivity (Wildman–Crippen MR) is 148 cm³/mol. The molecule has 0 saturated carbocycles. The molecule has 5 nitrogen and oxygen atoms in total. The summed E-state index contributed by atoms with van der Waals surface area (Å²) in [5, 5.41) is 0. The van der Waals surface area contributed by atoms with Gasteiger partial charge in [0.1, 0.15) is 6.04 Å². The zero-order valence-electron chi connectivity index (χ0n) is 21.2. The molecule has 1 atom stereocenters. The summed E-state index contributed by atoms with van der Waals surface area (Å²) in [6, 6.07) is 27.7. The van der Waals surface area contributed by atoms with E-state index in [2.05, 4.69) is 29.2 Å². The Morgan fingerprint density at radius 1 is 0.833 bits per heavy atom. The number of hydrogen-bond acceptors (Lipinski definition) is 4. The first kappa shape index (κ1) is 25.8. The Balaban J connectivity index is 1.63. The van der Waals surface area contributed by atoms with E-state index in [1.165, 1.54) is 11.8 Å². The van der Waals surface area contributed by atoms with Crippen molar-refractivity contribution in [1.29, 1.82) is 0 Å². The van der Waals surface area contributed by atoms with E-state index in [-0.39, 0.29) is 11.8 Å².